The van der Waals surface area contributed by atoms with Crippen LogP contribution in [0.15, 0.2) is 12.4 Å². The maximum absolute atomic E-state index is 5.45. The van der Waals surface area contributed by atoms with Crippen molar-refractivity contribution in [3.05, 3.63) is 12.4 Å². The van der Waals surface area contributed by atoms with Crippen molar-refractivity contribution in [3.63, 3.8) is 0 Å². The molecule has 3 heterocycles. The first-order chi connectivity index (χ1) is 10.7. The van der Waals surface area contributed by atoms with Crippen molar-refractivity contribution in [2.24, 2.45) is 11.8 Å². The second kappa shape index (κ2) is 7.24. The van der Waals surface area contributed by atoms with Gasteiger partial charge in [-0.1, -0.05) is 0 Å². The molecule has 2 saturated heterocycles. The van der Waals surface area contributed by atoms with Crippen LogP contribution >= 0.6 is 0 Å². The molecular weight excluding hydrogens is 280 g/mol. The summed E-state index contributed by atoms with van der Waals surface area (Å²) in [5, 5.41) is 0. The third-order valence-electron chi connectivity index (χ3n) is 4.53. The average molecular weight is 306 g/mol. The van der Waals surface area contributed by atoms with Gasteiger partial charge in [0.25, 0.3) is 0 Å². The van der Waals surface area contributed by atoms with E-state index in [2.05, 4.69) is 39.9 Å². The summed E-state index contributed by atoms with van der Waals surface area (Å²) in [6, 6.07) is 2.08. The van der Waals surface area contributed by atoms with E-state index in [4.69, 9.17) is 9.47 Å². The van der Waals surface area contributed by atoms with Gasteiger partial charge in [0.05, 0.1) is 13.2 Å². The van der Waals surface area contributed by atoms with Gasteiger partial charge in [0, 0.05) is 58.3 Å². The van der Waals surface area contributed by atoms with E-state index in [1.165, 1.54) is 0 Å². The summed E-state index contributed by atoms with van der Waals surface area (Å²) < 4.78 is 10.9. The van der Waals surface area contributed by atoms with E-state index in [-0.39, 0.29) is 0 Å². The highest BCUT2D eigenvalue weighted by molar-refractivity contribution is 5.49. The number of rotatable bonds is 6. The first kappa shape index (κ1) is 15.5. The van der Waals surface area contributed by atoms with Gasteiger partial charge in [-0.2, -0.15) is 0 Å². The summed E-state index contributed by atoms with van der Waals surface area (Å²) in [6.45, 7) is 5.47. The van der Waals surface area contributed by atoms with E-state index in [1.54, 1.807) is 6.33 Å². The van der Waals surface area contributed by atoms with Gasteiger partial charge in [-0.3, -0.25) is 0 Å². The van der Waals surface area contributed by atoms with E-state index in [9.17, 15) is 0 Å². The largest absolute Gasteiger partial charge is 0.381 e. The molecule has 2 fully saturated rings. The topological polar surface area (TPSA) is 50.7 Å². The van der Waals surface area contributed by atoms with Crippen molar-refractivity contribution in [2.75, 3.05) is 63.4 Å². The Kier molecular flexibility index (Phi) is 5.10. The van der Waals surface area contributed by atoms with Gasteiger partial charge >= 0.3 is 0 Å². The Bertz CT molecular complexity index is 434. The van der Waals surface area contributed by atoms with Crippen LogP contribution in [-0.2, 0) is 9.47 Å². The Hall–Kier alpha value is -1.40. The predicted octanol–water partition coefficient (Wildman–Crippen LogP) is 1.42. The fourth-order valence-corrected chi connectivity index (χ4v) is 3.17. The first-order valence-electron chi connectivity index (χ1n) is 8.12. The van der Waals surface area contributed by atoms with Gasteiger partial charge in [-0.05, 0) is 12.8 Å². The zero-order valence-electron chi connectivity index (χ0n) is 13.6. The first-order valence-corrected chi connectivity index (χ1v) is 8.12. The van der Waals surface area contributed by atoms with Gasteiger partial charge in [0.1, 0.15) is 18.0 Å². The summed E-state index contributed by atoms with van der Waals surface area (Å²) >= 11 is 0. The quantitative estimate of drug-likeness (QED) is 0.792. The number of nitrogens with zero attached hydrogens (tertiary/aromatic N) is 4. The number of anilines is 2. The minimum Gasteiger partial charge on any atom is -0.381 e. The van der Waals surface area contributed by atoms with Crippen LogP contribution in [0.3, 0.4) is 0 Å². The van der Waals surface area contributed by atoms with Crippen molar-refractivity contribution in [1.82, 2.24) is 9.97 Å². The number of hydrogen-bond donors (Lipinski definition) is 0. The molecule has 0 radical (unpaired) electrons. The van der Waals surface area contributed by atoms with Crippen LogP contribution in [0.4, 0.5) is 11.6 Å². The van der Waals surface area contributed by atoms with E-state index in [0.29, 0.717) is 11.8 Å². The third kappa shape index (κ3) is 3.87. The Labute approximate surface area is 132 Å². The summed E-state index contributed by atoms with van der Waals surface area (Å²) in [4.78, 5) is 13.2. The van der Waals surface area contributed by atoms with Crippen molar-refractivity contribution in [1.29, 1.82) is 0 Å². The fourth-order valence-electron chi connectivity index (χ4n) is 3.17. The molecule has 0 aromatic carbocycles. The summed E-state index contributed by atoms with van der Waals surface area (Å²) in [7, 11) is 4.19. The van der Waals surface area contributed by atoms with Crippen LogP contribution in [0.2, 0.25) is 0 Å². The lowest BCUT2D eigenvalue weighted by Gasteiger charge is -2.24. The van der Waals surface area contributed by atoms with E-state index in [1.807, 2.05) is 0 Å². The smallest absolute Gasteiger partial charge is 0.133 e. The van der Waals surface area contributed by atoms with Gasteiger partial charge in [0.2, 0.25) is 0 Å². The molecule has 2 unspecified atom stereocenters. The minimum absolute atomic E-state index is 0.608. The molecule has 0 bridgehead atoms. The van der Waals surface area contributed by atoms with Crippen LogP contribution < -0.4 is 9.80 Å². The molecular formula is C16H26N4O2. The molecule has 0 N–H and O–H groups in total. The molecule has 1 aromatic rings. The molecule has 22 heavy (non-hydrogen) atoms. The maximum atomic E-state index is 5.45. The second-order valence-corrected chi connectivity index (χ2v) is 6.45. The molecule has 0 saturated carbocycles. The molecule has 0 aliphatic carbocycles. The lowest BCUT2D eigenvalue weighted by atomic mass is 10.1. The van der Waals surface area contributed by atoms with Crippen molar-refractivity contribution < 1.29 is 9.47 Å². The van der Waals surface area contributed by atoms with E-state index in [0.717, 1.165) is 64.0 Å². The molecule has 2 atom stereocenters. The Balaban J connectivity index is 1.60. The van der Waals surface area contributed by atoms with Crippen LogP contribution in [0.25, 0.3) is 0 Å². The van der Waals surface area contributed by atoms with E-state index < -0.39 is 0 Å². The van der Waals surface area contributed by atoms with E-state index >= 15 is 0 Å². The SMILES string of the molecule is CN(CC1CCOC1)c1cc(N(C)CC2CCOC2)ncn1. The molecule has 1 aromatic heterocycles. The Morgan fingerprint density at radius 2 is 1.45 bits per heavy atom. The minimum atomic E-state index is 0.608. The molecule has 0 amide bonds. The summed E-state index contributed by atoms with van der Waals surface area (Å²) in [5.74, 6) is 3.17. The zero-order valence-corrected chi connectivity index (χ0v) is 13.6. The van der Waals surface area contributed by atoms with Crippen molar-refractivity contribution >= 4 is 11.6 Å². The number of hydrogen-bond acceptors (Lipinski definition) is 6. The molecule has 6 heteroatoms. The van der Waals surface area contributed by atoms with Crippen molar-refractivity contribution in [3.8, 4) is 0 Å². The van der Waals surface area contributed by atoms with Crippen LogP contribution in [0.5, 0.6) is 0 Å². The molecule has 2 aliphatic rings. The fraction of sp³-hybridized carbons (Fsp3) is 0.750. The summed E-state index contributed by atoms with van der Waals surface area (Å²) in [5.41, 5.74) is 0. The van der Waals surface area contributed by atoms with Gasteiger partial charge < -0.3 is 19.3 Å². The third-order valence-corrected chi connectivity index (χ3v) is 4.53. The molecule has 6 nitrogen and oxygen atoms in total. The van der Waals surface area contributed by atoms with Crippen LogP contribution in [0.1, 0.15) is 12.8 Å². The Morgan fingerprint density at radius 1 is 0.955 bits per heavy atom. The van der Waals surface area contributed by atoms with Crippen LogP contribution in [-0.4, -0.2) is 63.6 Å². The Morgan fingerprint density at radius 3 is 1.86 bits per heavy atom. The standard InChI is InChI=1S/C16H26N4O2/c1-19(8-13-3-5-21-10-13)15-7-16(18-12-17-15)20(2)9-14-4-6-22-11-14/h7,12-14H,3-6,8-11H2,1-2H3. The average Bonchev–Trinajstić information content (AvgIpc) is 3.21. The van der Waals surface area contributed by atoms with Gasteiger partial charge in [-0.15, -0.1) is 0 Å². The highest BCUT2D eigenvalue weighted by Crippen LogP contribution is 2.21. The van der Waals surface area contributed by atoms with Gasteiger partial charge in [0.15, 0.2) is 0 Å². The zero-order chi connectivity index (χ0) is 15.4. The summed E-state index contributed by atoms with van der Waals surface area (Å²) in [6.07, 6.45) is 3.95. The predicted molar refractivity (Wildman–Crippen MR) is 86.4 cm³/mol. The highest BCUT2D eigenvalue weighted by atomic mass is 16.5. The lowest BCUT2D eigenvalue weighted by molar-refractivity contribution is 0.186. The molecule has 3 rings (SSSR count). The maximum Gasteiger partial charge on any atom is 0.133 e. The second-order valence-electron chi connectivity index (χ2n) is 6.45. The van der Waals surface area contributed by atoms with Gasteiger partial charge in [-0.25, -0.2) is 9.97 Å². The number of ether oxygens (including phenoxy) is 2. The monoisotopic (exact) mass is 306 g/mol. The molecule has 0 spiro atoms. The lowest BCUT2D eigenvalue weighted by Crippen LogP contribution is -2.28. The normalized spacial score (nSPS) is 24.6. The number of aromatic nitrogens is 2. The molecule has 122 valence electrons. The van der Waals surface area contributed by atoms with Crippen molar-refractivity contribution in [2.45, 2.75) is 12.8 Å². The molecule has 2 aliphatic heterocycles. The highest BCUT2D eigenvalue weighted by Gasteiger charge is 2.20. The van der Waals surface area contributed by atoms with Crippen LogP contribution in [0, 0.1) is 11.8 Å².